The van der Waals surface area contributed by atoms with Gasteiger partial charge in [-0.2, -0.15) is 0 Å². The number of carbonyl (C=O) groups is 1. The monoisotopic (exact) mass is 456 g/mol. The fourth-order valence-corrected chi connectivity index (χ4v) is 3.94. The molecule has 0 aliphatic heterocycles. The van der Waals surface area contributed by atoms with Gasteiger partial charge in [-0.05, 0) is 66.4 Å². The fourth-order valence-electron chi connectivity index (χ4n) is 3.70. The van der Waals surface area contributed by atoms with Gasteiger partial charge in [0.05, 0.1) is 6.61 Å². The largest absolute Gasteiger partial charge is 0.494 e. The Morgan fingerprint density at radius 2 is 1.79 bits per heavy atom. The van der Waals surface area contributed by atoms with E-state index in [0.717, 1.165) is 28.5 Å². The molecule has 0 radical (unpaired) electrons. The van der Waals surface area contributed by atoms with Crippen molar-refractivity contribution in [3.05, 3.63) is 89.4 Å². The second-order valence-corrected chi connectivity index (χ2v) is 8.08. The van der Waals surface area contributed by atoms with E-state index >= 15 is 0 Å². The van der Waals surface area contributed by atoms with Crippen LogP contribution in [0.25, 0.3) is 33.3 Å². The third kappa shape index (κ3) is 4.28. The molecule has 0 atom stereocenters. The van der Waals surface area contributed by atoms with E-state index in [1.807, 2.05) is 43.3 Å². The maximum absolute atomic E-state index is 12.7. The lowest BCUT2D eigenvalue weighted by molar-refractivity contribution is 0.102. The van der Waals surface area contributed by atoms with Crippen LogP contribution in [0.3, 0.4) is 0 Å². The Morgan fingerprint density at radius 1 is 1.00 bits per heavy atom. The number of nitrogens with one attached hydrogen (secondary N) is 1. The Kier molecular flexibility index (Phi) is 5.71. The number of anilines is 1. The Labute approximate surface area is 196 Å². The summed E-state index contributed by atoms with van der Waals surface area (Å²) in [5.74, 6) is 1.05. The molecule has 5 nitrogen and oxygen atoms in total. The number of carbonyl (C=O) groups excluding carboxylic acids is 1. The lowest BCUT2D eigenvalue weighted by Gasteiger charge is -2.07. The molecular weight excluding hydrogens is 436 g/mol. The van der Waals surface area contributed by atoms with Crippen molar-refractivity contribution in [2.75, 3.05) is 11.9 Å². The van der Waals surface area contributed by atoms with Crippen LogP contribution in [0.4, 0.5) is 5.69 Å². The average molecular weight is 457 g/mol. The molecule has 4 aromatic carbocycles. The summed E-state index contributed by atoms with van der Waals surface area (Å²) < 4.78 is 11.6. The molecular formula is C27H21ClN2O3. The molecule has 5 rings (SSSR count). The average Bonchev–Trinajstić information content (AvgIpc) is 3.26. The summed E-state index contributed by atoms with van der Waals surface area (Å²) in [5, 5.41) is 5.51. The minimum atomic E-state index is -0.205. The van der Waals surface area contributed by atoms with E-state index in [1.165, 1.54) is 0 Å². The summed E-state index contributed by atoms with van der Waals surface area (Å²) in [6.45, 7) is 2.70. The highest BCUT2D eigenvalue weighted by Crippen LogP contribution is 2.34. The van der Waals surface area contributed by atoms with Gasteiger partial charge in [-0.25, -0.2) is 4.98 Å². The van der Waals surface area contributed by atoms with E-state index in [4.69, 9.17) is 20.8 Å². The molecule has 6 heteroatoms. The topological polar surface area (TPSA) is 64.4 Å². The van der Waals surface area contributed by atoms with Gasteiger partial charge in [0.1, 0.15) is 11.3 Å². The first-order valence-electron chi connectivity index (χ1n) is 10.7. The molecule has 1 heterocycles. The number of nitrogens with zero attached hydrogens (tertiary/aromatic N) is 1. The van der Waals surface area contributed by atoms with Crippen molar-refractivity contribution in [3.63, 3.8) is 0 Å². The zero-order valence-electron chi connectivity index (χ0n) is 18.0. The smallest absolute Gasteiger partial charge is 0.255 e. The van der Waals surface area contributed by atoms with Gasteiger partial charge in [0.15, 0.2) is 5.58 Å². The van der Waals surface area contributed by atoms with Crippen LogP contribution in [0.5, 0.6) is 5.75 Å². The quantitative estimate of drug-likeness (QED) is 0.290. The number of aromatic nitrogens is 1. The predicted molar refractivity (Wildman–Crippen MR) is 132 cm³/mol. The van der Waals surface area contributed by atoms with Crippen LogP contribution in [0.15, 0.2) is 83.3 Å². The van der Waals surface area contributed by atoms with E-state index in [9.17, 15) is 4.79 Å². The van der Waals surface area contributed by atoms with Crippen LogP contribution in [0, 0.1) is 0 Å². The number of halogens is 1. The number of rotatable bonds is 6. The predicted octanol–water partition coefficient (Wildman–Crippen LogP) is 7.34. The molecule has 1 aromatic heterocycles. The van der Waals surface area contributed by atoms with Crippen LogP contribution in [-0.2, 0) is 0 Å². The summed E-state index contributed by atoms with van der Waals surface area (Å²) in [6, 6.07) is 24.1. The van der Waals surface area contributed by atoms with E-state index < -0.39 is 0 Å². The molecule has 0 spiro atoms. The van der Waals surface area contributed by atoms with Gasteiger partial charge in [0.25, 0.3) is 5.91 Å². The molecule has 1 N–H and O–H groups in total. The van der Waals surface area contributed by atoms with Crippen LogP contribution in [0.1, 0.15) is 23.7 Å². The molecule has 0 aliphatic carbocycles. The van der Waals surface area contributed by atoms with Crippen LogP contribution >= 0.6 is 11.6 Å². The molecule has 5 aromatic rings. The van der Waals surface area contributed by atoms with Crippen molar-refractivity contribution in [3.8, 4) is 17.2 Å². The van der Waals surface area contributed by atoms with Crippen LogP contribution < -0.4 is 10.1 Å². The van der Waals surface area contributed by atoms with E-state index in [-0.39, 0.29) is 5.91 Å². The van der Waals surface area contributed by atoms with Gasteiger partial charge in [-0.15, -0.1) is 0 Å². The Hall–Kier alpha value is -3.83. The molecule has 33 heavy (non-hydrogen) atoms. The highest BCUT2D eigenvalue weighted by atomic mass is 35.5. The van der Waals surface area contributed by atoms with Crippen molar-refractivity contribution in [1.29, 1.82) is 0 Å². The molecule has 0 saturated carbocycles. The van der Waals surface area contributed by atoms with Gasteiger partial charge < -0.3 is 14.5 Å². The van der Waals surface area contributed by atoms with Crippen LogP contribution in [-0.4, -0.2) is 17.5 Å². The SMILES string of the molecule is CCCOc1ccc(C(=O)Nc2ccc3oc(-c4cccc5c(Cl)cccc45)nc3c2)cc1. The first kappa shape index (κ1) is 21.0. The fraction of sp³-hybridized carbons (Fsp3) is 0.111. The number of ether oxygens (including phenoxy) is 1. The van der Waals surface area contributed by atoms with Crippen LogP contribution in [0.2, 0.25) is 5.02 Å². The zero-order chi connectivity index (χ0) is 22.8. The van der Waals surface area contributed by atoms with Crippen molar-refractivity contribution in [2.45, 2.75) is 13.3 Å². The first-order chi connectivity index (χ1) is 16.1. The summed E-state index contributed by atoms with van der Waals surface area (Å²) in [6.07, 6.45) is 0.933. The molecule has 164 valence electrons. The lowest BCUT2D eigenvalue weighted by Crippen LogP contribution is -2.11. The Balaban J connectivity index is 1.40. The standard InChI is InChI=1S/C27H21ClN2O3/c1-2-15-32-19-12-9-17(10-13-19)26(31)29-18-11-14-25-24(16-18)30-27(33-25)22-7-3-6-21-20(22)5-4-8-23(21)28/h3-14,16H,2,15H2,1H3,(H,29,31). The maximum atomic E-state index is 12.7. The van der Waals surface area contributed by atoms with Gasteiger partial charge in [-0.1, -0.05) is 42.8 Å². The number of hydrogen-bond acceptors (Lipinski definition) is 4. The Morgan fingerprint density at radius 3 is 2.61 bits per heavy atom. The number of oxazole rings is 1. The summed E-state index contributed by atoms with van der Waals surface area (Å²) in [4.78, 5) is 17.3. The minimum Gasteiger partial charge on any atom is -0.494 e. The molecule has 0 aliphatic rings. The van der Waals surface area contributed by atoms with Crippen molar-refractivity contribution < 1.29 is 13.9 Å². The molecule has 0 fully saturated rings. The number of amides is 1. The van der Waals surface area contributed by atoms with E-state index in [2.05, 4.69) is 10.3 Å². The summed E-state index contributed by atoms with van der Waals surface area (Å²) in [5.41, 5.74) is 3.35. The second-order valence-electron chi connectivity index (χ2n) is 7.67. The second kappa shape index (κ2) is 8.96. The van der Waals surface area contributed by atoms with Gasteiger partial charge in [-0.3, -0.25) is 4.79 Å². The number of fused-ring (bicyclic) bond motifs is 2. The van der Waals surface area contributed by atoms with Gasteiger partial charge in [0, 0.05) is 27.2 Å². The molecule has 0 bridgehead atoms. The lowest BCUT2D eigenvalue weighted by atomic mass is 10.0. The van der Waals surface area contributed by atoms with Gasteiger partial charge in [0.2, 0.25) is 5.89 Å². The first-order valence-corrected chi connectivity index (χ1v) is 11.1. The Bertz CT molecular complexity index is 1460. The zero-order valence-corrected chi connectivity index (χ0v) is 18.7. The normalized spacial score (nSPS) is 11.1. The van der Waals surface area contributed by atoms with Crippen molar-refractivity contribution in [2.24, 2.45) is 0 Å². The van der Waals surface area contributed by atoms with Crippen molar-refractivity contribution in [1.82, 2.24) is 4.98 Å². The van der Waals surface area contributed by atoms with E-state index in [0.29, 0.717) is 39.9 Å². The number of hydrogen-bond donors (Lipinski definition) is 1. The highest BCUT2D eigenvalue weighted by Gasteiger charge is 2.14. The molecule has 0 saturated heterocycles. The summed E-state index contributed by atoms with van der Waals surface area (Å²) in [7, 11) is 0. The third-order valence-electron chi connectivity index (χ3n) is 5.33. The van der Waals surface area contributed by atoms with Crippen molar-refractivity contribution >= 4 is 45.1 Å². The molecule has 0 unspecified atom stereocenters. The van der Waals surface area contributed by atoms with Gasteiger partial charge >= 0.3 is 0 Å². The summed E-state index contributed by atoms with van der Waals surface area (Å²) >= 11 is 6.35. The maximum Gasteiger partial charge on any atom is 0.255 e. The number of benzene rings is 4. The molecule has 1 amide bonds. The van der Waals surface area contributed by atoms with E-state index in [1.54, 1.807) is 42.5 Å². The minimum absolute atomic E-state index is 0.205. The third-order valence-corrected chi connectivity index (χ3v) is 5.66. The highest BCUT2D eigenvalue weighted by molar-refractivity contribution is 6.35.